The van der Waals surface area contributed by atoms with Crippen molar-refractivity contribution >= 4 is 11.9 Å². The minimum absolute atomic E-state index is 0.0675. The molecule has 0 aliphatic carbocycles. The van der Waals surface area contributed by atoms with Gasteiger partial charge in [-0.3, -0.25) is 14.4 Å². The lowest BCUT2D eigenvalue weighted by Crippen LogP contribution is -2.51. The zero-order valence-electron chi connectivity index (χ0n) is 17.3. The number of ether oxygens (including phenoxy) is 2. The predicted octanol–water partition coefficient (Wildman–Crippen LogP) is 2.65. The third-order valence-electron chi connectivity index (χ3n) is 5.63. The van der Waals surface area contributed by atoms with Crippen LogP contribution in [0.15, 0.2) is 30.3 Å². The molecule has 2 aliphatic rings. The summed E-state index contributed by atoms with van der Waals surface area (Å²) in [5.41, 5.74) is -0.706. The molecule has 0 radical (unpaired) electrons. The molecule has 1 atom stereocenters. The number of hydrogen-bond donors (Lipinski definition) is 0. The summed E-state index contributed by atoms with van der Waals surface area (Å²) in [7, 11) is 0. The molecule has 2 fully saturated rings. The van der Waals surface area contributed by atoms with Gasteiger partial charge in [-0.05, 0) is 44.7 Å². The third kappa shape index (κ3) is 5.93. The number of carbonyl (C=O) groups is 2. The number of nitrogens with zero attached hydrogens (tertiary/aromatic N) is 2. The first kappa shape index (κ1) is 21.6. The lowest BCUT2D eigenvalue weighted by Gasteiger charge is -2.41. The van der Waals surface area contributed by atoms with E-state index in [1.165, 1.54) is 0 Å². The van der Waals surface area contributed by atoms with Gasteiger partial charge in [0.05, 0.1) is 25.2 Å². The van der Waals surface area contributed by atoms with Crippen LogP contribution < -0.4 is 4.74 Å². The van der Waals surface area contributed by atoms with Crippen molar-refractivity contribution in [3.8, 4) is 5.75 Å². The van der Waals surface area contributed by atoms with Gasteiger partial charge in [0.15, 0.2) is 0 Å². The number of esters is 1. The van der Waals surface area contributed by atoms with Crippen molar-refractivity contribution in [3.05, 3.63) is 30.3 Å². The molecule has 160 valence electrons. The maximum Gasteiger partial charge on any atom is 0.314 e. The van der Waals surface area contributed by atoms with Crippen LogP contribution in [-0.4, -0.2) is 67.8 Å². The van der Waals surface area contributed by atoms with E-state index in [9.17, 15) is 9.59 Å². The van der Waals surface area contributed by atoms with Gasteiger partial charge in [0.1, 0.15) is 5.75 Å². The van der Waals surface area contributed by atoms with Gasteiger partial charge in [-0.25, -0.2) is 0 Å². The lowest BCUT2D eigenvalue weighted by molar-refractivity contribution is -0.162. The standard InChI is InChI=1S/C22H32N2O5/c1-2-27-21(26)22(12-17-28-19-8-4-3-5-9-19)11-6-13-23(18-22)20(25)10-15-24-14-7-16-29-24/h3-5,8-9H,2,6-7,10-18H2,1H3/t22-/m1/s1. The first-order chi connectivity index (χ1) is 14.1. The van der Waals surface area contributed by atoms with Crippen LogP contribution in [0.1, 0.15) is 39.0 Å². The second kappa shape index (κ2) is 10.6. The maximum absolute atomic E-state index is 12.9. The molecule has 2 saturated heterocycles. The number of carbonyl (C=O) groups excluding carboxylic acids is 2. The highest BCUT2D eigenvalue weighted by Gasteiger charge is 2.44. The van der Waals surface area contributed by atoms with Gasteiger partial charge < -0.3 is 14.4 Å². The zero-order valence-corrected chi connectivity index (χ0v) is 17.3. The fraction of sp³-hybridized carbons (Fsp3) is 0.636. The number of para-hydroxylation sites is 1. The molecule has 2 heterocycles. The normalized spacial score (nSPS) is 22.4. The van der Waals surface area contributed by atoms with E-state index in [2.05, 4.69) is 0 Å². The highest BCUT2D eigenvalue weighted by molar-refractivity contribution is 5.81. The molecule has 0 unspecified atom stereocenters. The van der Waals surface area contributed by atoms with Crippen LogP contribution in [0.5, 0.6) is 5.75 Å². The van der Waals surface area contributed by atoms with Crippen LogP contribution >= 0.6 is 0 Å². The Bertz CT molecular complexity index is 662. The second-order valence-electron chi connectivity index (χ2n) is 7.70. The summed E-state index contributed by atoms with van der Waals surface area (Å²) in [5.74, 6) is 0.621. The molecule has 7 nitrogen and oxygen atoms in total. The molecule has 0 aromatic heterocycles. The van der Waals surface area contributed by atoms with Crippen LogP contribution in [0.3, 0.4) is 0 Å². The van der Waals surface area contributed by atoms with E-state index in [0.29, 0.717) is 52.1 Å². The van der Waals surface area contributed by atoms with E-state index >= 15 is 0 Å². The fourth-order valence-electron chi connectivity index (χ4n) is 4.04. The quantitative estimate of drug-likeness (QED) is 0.590. The fourth-order valence-corrected chi connectivity index (χ4v) is 4.04. The molecule has 1 aromatic rings. The van der Waals surface area contributed by atoms with Crippen LogP contribution in [0.4, 0.5) is 0 Å². The van der Waals surface area contributed by atoms with Gasteiger partial charge in [0.25, 0.3) is 0 Å². The van der Waals surface area contributed by atoms with Crippen LogP contribution in [0.2, 0.25) is 0 Å². The van der Waals surface area contributed by atoms with Crippen molar-refractivity contribution in [3.63, 3.8) is 0 Å². The van der Waals surface area contributed by atoms with Crippen molar-refractivity contribution in [1.82, 2.24) is 9.96 Å². The molecule has 2 aliphatic heterocycles. The topological polar surface area (TPSA) is 68.3 Å². The average Bonchev–Trinajstić information content (AvgIpc) is 3.27. The molecule has 0 saturated carbocycles. The van der Waals surface area contributed by atoms with Gasteiger partial charge >= 0.3 is 5.97 Å². The molecule has 0 spiro atoms. The Labute approximate surface area is 172 Å². The van der Waals surface area contributed by atoms with E-state index in [0.717, 1.165) is 31.7 Å². The van der Waals surface area contributed by atoms with Crippen molar-refractivity contribution in [2.24, 2.45) is 5.41 Å². The van der Waals surface area contributed by atoms with Crippen molar-refractivity contribution in [2.45, 2.75) is 39.0 Å². The van der Waals surface area contributed by atoms with Crippen LogP contribution in [0.25, 0.3) is 0 Å². The van der Waals surface area contributed by atoms with Gasteiger partial charge in [-0.1, -0.05) is 18.2 Å². The van der Waals surface area contributed by atoms with Gasteiger partial charge in [-0.2, -0.15) is 5.06 Å². The highest BCUT2D eigenvalue weighted by atomic mass is 16.7. The van der Waals surface area contributed by atoms with Crippen molar-refractivity contribution in [2.75, 3.05) is 46.0 Å². The number of amides is 1. The van der Waals surface area contributed by atoms with E-state index in [1.54, 1.807) is 0 Å². The summed E-state index contributed by atoms with van der Waals surface area (Å²) in [6.45, 7) is 5.83. The summed E-state index contributed by atoms with van der Waals surface area (Å²) >= 11 is 0. The van der Waals surface area contributed by atoms with Crippen molar-refractivity contribution in [1.29, 1.82) is 0 Å². The molecular weight excluding hydrogens is 372 g/mol. The Morgan fingerprint density at radius 2 is 2.00 bits per heavy atom. The molecular formula is C22H32N2O5. The van der Waals surface area contributed by atoms with Crippen LogP contribution in [0, 0.1) is 5.41 Å². The van der Waals surface area contributed by atoms with Gasteiger partial charge in [0, 0.05) is 32.6 Å². The van der Waals surface area contributed by atoms with Crippen molar-refractivity contribution < 1.29 is 23.9 Å². The average molecular weight is 405 g/mol. The largest absolute Gasteiger partial charge is 0.494 e. The van der Waals surface area contributed by atoms with Gasteiger partial charge in [-0.15, -0.1) is 0 Å². The lowest BCUT2D eigenvalue weighted by atomic mass is 9.77. The Kier molecular flexibility index (Phi) is 7.89. The number of rotatable bonds is 9. The van der Waals surface area contributed by atoms with E-state index in [-0.39, 0.29) is 11.9 Å². The third-order valence-corrected chi connectivity index (χ3v) is 5.63. The number of hydroxylamine groups is 2. The Morgan fingerprint density at radius 3 is 2.72 bits per heavy atom. The number of piperidine rings is 1. The predicted molar refractivity (Wildman–Crippen MR) is 108 cm³/mol. The summed E-state index contributed by atoms with van der Waals surface area (Å²) in [4.78, 5) is 32.9. The maximum atomic E-state index is 12.9. The highest BCUT2D eigenvalue weighted by Crippen LogP contribution is 2.35. The van der Waals surface area contributed by atoms with E-state index in [4.69, 9.17) is 14.3 Å². The Morgan fingerprint density at radius 1 is 1.17 bits per heavy atom. The summed E-state index contributed by atoms with van der Waals surface area (Å²) in [6, 6.07) is 9.57. The summed E-state index contributed by atoms with van der Waals surface area (Å²) < 4.78 is 11.2. The Balaban J connectivity index is 1.59. The number of likely N-dealkylation sites (tertiary alicyclic amines) is 1. The molecule has 1 amide bonds. The monoisotopic (exact) mass is 404 g/mol. The molecule has 3 rings (SSSR count). The molecule has 1 aromatic carbocycles. The first-order valence-electron chi connectivity index (χ1n) is 10.6. The minimum Gasteiger partial charge on any atom is -0.494 e. The SMILES string of the molecule is CCOC(=O)[C@@]1(CCOc2ccccc2)CCCN(C(=O)CCN2CCCO2)C1. The molecule has 0 N–H and O–H groups in total. The smallest absolute Gasteiger partial charge is 0.314 e. The molecule has 0 bridgehead atoms. The number of hydrogen-bond acceptors (Lipinski definition) is 6. The molecule has 29 heavy (non-hydrogen) atoms. The zero-order chi connectivity index (χ0) is 20.5. The van der Waals surface area contributed by atoms with E-state index < -0.39 is 5.41 Å². The first-order valence-corrected chi connectivity index (χ1v) is 10.6. The summed E-state index contributed by atoms with van der Waals surface area (Å²) in [5, 5.41) is 1.86. The molecule has 7 heteroatoms. The Hall–Kier alpha value is -2.12. The van der Waals surface area contributed by atoms with Gasteiger partial charge in [0.2, 0.25) is 5.91 Å². The summed E-state index contributed by atoms with van der Waals surface area (Å²) in [6.07, 6.45) is 3.43. The van der Waals surface area contributed by atoms with Crippen LogP contribution in [-0.2, 0) is 19.2 Å². The number of benzene rings is 1. The second-order valence-corrected chi connectivity index (χ2v) is 7.70. The minimum atomic E-state index is -0.706. The van der Waals surface area contributed by atoms with E-state index in [1.807, 2.05) is 47.2 Å².